The summed E-state index contributed by atoms with van der Waals surface area (Å²) in [6.07, 6.45) is 0.967. The number of rotatable bonds is 1. The smallest absolute Gasteiger partial charge is 0.410 e. The third-order valence-corrected chi connectivity index (χ3v) is 5.46. The third-order valence-electron chi connectivity index (χ3n) is 5.13. The molecule has 1 spiro atoms. The standard InChI is InChI=1S/C21H29ClN2O4/c1-15-13-24(18(25)16-7-5-6-8-17(16)22)14-21(27-15)9-11-23(12-10-21)19(26)28-20(2,3)4/h5-8,15H,9-14H2,1-4H3. The topological polar surface area (TPSA) is 59.1 Å². The molecule has 2 amide bonds. The first-order valence-electron chi connectivity index (χ1n) is 9.78. The van der Waals surface area contributed by atoms with Gasteiger partial charge in [-0.05, 0) is 52.7 Å². The second-order valence-corrected chi connectivity index (χ2v) is 9.15. The first kappa shape index (κ1) is 20.9. The summed E-state index contributed by atoms with van der Waals surface area (Å²) in [6.45, 7) is 9.70. The van der Waals surface area contributed by atoms with Crippen molar-refractivity contribution in [2.24, 2.45) is 0 Å². The van der Waals surface area contributed by atoms with E-state index in [0.717, 1.165) is 0 Å². The molecule has 3 rings (SSSR count). The predicted molar refractivity (Wildman–Crippen MR) is 108 cm³/mol. The fourth-order valence-electron chi connectivity index (χ4n) is 3.88. The molecule has 154 valence electrons. The first-order chi connectivity index (χ1) is 13.1. The lowest BCUT2D eigenvalue weighted by molar-refractivity contribution is -0.160. The lowest BCUT2D eigenvalue weighted by Crippen LogP contribution is -2.60. The minimum absolute atomic E-state index is 0.0744. The highest BCUT2D eigenvalue weighted by atomic mass is 35.5. The lowest BCUT2D eigenvalue weighted by atomic mass is 9.88. The molecule has 1 aromatic carbocycles. The summed E-state index contributed by atoms with van der Waals surface area (Å²) in [7, 11) is 0. The lowest BCUT2D eigenvalue weighted by Gasteiger charge is -2.49. The largest absolute Gasteiger partial charge is 0.444 e. The average Bonchev–Trinajstić information content (AvgIpc) is 2.60. The van der Waals surface area contributed by atoms with E-state index in [2.05, 4.69) is 0 Å². The Morgan fingerprint density at radius 3 is 2.43 bits per heavy atom. The molecule has 28 heavy (non-hydrogen) atoms. The molecule has 0 N–H and O–H groups in total. The van der Waals surface area contributed by atoms with Gasteiger partial charge in [0.05, 0.1) is 28.8 Å². The fraction of sp³-hybridized carbons (Fsp3) is 0.619. The summed E-state index contributed by atoms with van der Waals surface area (Å²) in [6, 6.07) is 7.11. The number of amides is 2. The SMILES string of the molecule is CC1CN(C(=O)c2ccccc2Cl)CC2(CCN(C(=O)OC(C)(C)C)CC2)O1. The van der Waals surface area contributed by atoms with E-state index >= 15 is 0 Å². The van der Waals surface area contributed by atoms with Crippen LogP contribution in [0.15, 0.2) is 24.3 Å². The Morgan fingerprint density at radius 1 is 1.18 bits per heavy atom. The van der Waals surface area contributed by atoms with Gasteiger partial charge < -0.3 is 19.3 Å². The highest BCUT2D eigenvalue weighted by molar-refractivity contribution is 6.33. The van der Waals surface area contributed by atoms with Gasteiger partial charge in [-0.2, -0.15) is 0 Å². The van der Waals surface area contributed by atoms with Crippen LogP contribution in [0.3, 0.4) is 0 Å². The maximum Gasteiger partial charge on any atom is 0.410 e. The van der Waals surface area contributed by atoms with Gasteiger partial charge in [-0.15, -0.1) is 0 Å². The minimum atomic E-state index is -0.514. The summed E-state index contributed by atoms with van der Waals surface area (Å²) >= 11 is 6.22. The Hall–Kier alpha value is -1.79. The van der Waals surface area contributed by atoms with Gasteiger partial charge in [-0.3, -0.25) is 4.79 Å². The molecular formula is C21H29ClN2O4. The van der Waals surface area contributed by atoms with Gasteiger partial charge in [0, 0.05) is 19.6 Å². The molecule has 0 radical (unpaired) electrons. The molecule has 0 aliphatic carbocycles. The van der Waals surface area contributed by atoms with Crippen molar-refractivity contribution in [1.29, 1.82) is 0 Å². The van der Waals surface area contributed by atoms with Gasteiger partial charge in [0.15, 0.2) is 0 Å². The maximum atomic E-state index is 13.0. The Kier molecular flexibility index (Phi) is 5.92. The van der Waals surface area contributed by atoms with Gasteiger partial charge in [0.25, 0.3) is 5.91 Å². The number of benzene rings is 1. The maximum absolute atomic E-state index is 13.0. The summed E-state index contributed by atoms with van der Waals surface area (Å²) in [5.41, 5.74) is -0.438. The number of morpholine rings is 1. The van der Waals surface area contributed by atoms with E-state index in [9.17, 15) is 9.59 Å². The second kappa shape index (κ2) is 7.91. The quantitative estimate of drug-likeness (QED) is 0.705. The number of piperidine rings is 1. The van der Waals surface area contributed by atoms with Crippen LogP contribution in [-0.4, -0.2) is 65.3 Å². The first-order valence-corrected chi connectivity index (χ1v) is 10.2. The van der Waals surface area contributed by atoms with Crippen molar-refractivity contribution in [2.45, 2.75) is 57.8 Å². The Morgan fingerprint density at radius 2 is 1.82 bits per heavy atom. The number of carbonyl (C=O) groups excluding carboxylic acids is 2. The molecule has 0 bridgehead atoms. The van der Waals surface area contributed by atoms with Crippen LogP contribution >= 0.6 is 11.6 Å². The van der Waals surface area contributed by atoms with E-state index in [1.54, 1.807) is 17.0 Å². The predicted octanol–water partition coefficient (Wildman–Crippen LogP) is 3.97. The molecule has 2 heterocycles. The van der Waals surface area contributed by atoms with Crippen LogP contribution in [0.1, 0.15) is 50.9 Å². The minimum Gasteiger partial charge on any atom is -0.444 e. The van der Waals surface area contributed by atoms with Crippen LogP contribution in [0.4, 0.5) is 4.79 Å². The Balaban J connectivity index is 1.67. The van der Waals surface area contributed by atoms with Crippen molar-refractivity contribution < 1.29 is 19.1 Å². The van der Waals surface area contributed by atoms with Gasteiger partial charge in [0.2, 0.25) is 0 Å². The molecule has 2 fully saturated rings. The summed E-state index contributed by atoms with van der Waals surface area (Å²) < 4.78 is 11.8. The zero-order chi connectivity index (χ0) is 20.5. The monoisotopic (exact) mass is 408 g/mol. The van der Waals surface area contributed by atoms with Gasteiger partial charge in [0.1, 0.15) is 5.60 Å². The number of hydrogen-bond donors (Lipinski definition) is 0. The number of ether oxygens (including phenoxy) is 2. The molecule has 2 aliphatic heterocycles. The zero-order valence-corrected chi connectivity index (χ0v) is 17.8. The van der Waals surface area contributed by atoms with Crippen molar-refractivity contribution >= 4 is 23.6 Å². The Labute approximate surface area is 171 Å². The average molecular weight is 409 g/mol. The summed E-state index contributed by atoms with van der Waals surface area (Å²) in [5.74, 6) is -0.0744. The Bertz CT molecular complexity index is 738. The molecule has 1 atom stereocenters. The van der Waals surface area contributed by atoms with Crippen molar-refractivity contribution in [3.05, 3.63) is 34.9 Å². The van der Waals surface area contributed by atoms with Crippen molar-refractivity contribution in [3.8, 4) is 0 Å². The molecule has 7 heteroatoms. The van der Waals surface area contributed by atoms with Crippen LogP contribution in [0.25, 0.3) is 0 Å². The number of carbonyl (C=O) groups is 2. The third kappa shape index (κ3) is 4.78. The number of likely N-dealkylation sites (tertiary alicyclic amines) is 1. The highest BCUT2D eigenvalue weighted by Gasteiger charge is 2.44. The van der Waals surface area contributed by atoms with E-state index in [-0.39, 0.29) is 18.1 Å². The number of halogens is 1. The van der Waals surface area contributed by atoms with Crippen LogP contribution in [0.5, 0.6) is 0 Å². The fourth-order valence-corrected chi connectivity index (χ4v) is 4.10. The van der Waals surface area contributed by atoms with E-state index in [1.165, 1.54) is 0 Å². The van der Waals surface area contributed by atoms with Crippen LogP contribution < -0.4 is 0 Å². The van der Waals surface area contributed by atoms with Gasteiger partial charge in [-0.25, -0.2) is 4.79 Å². The molecule has 1 unspecified atom stereocenters. The van der Waals surface area contributed by atoms with E-state index in [4.69, 9.17) is 21.1 Å². The molecular weight excluding hydrogens is 380 g/mol. The normalized spacial score (nSPS) is 22.2. The summed E-state index contributed by atoms with van der Waals surface area (Å²) in [5, 5.41) is 0.459. The highest BCUT2D eigenvalue weighted by Crippen LogP contribution is 2.34. The molecule has 2 saturated heterocycles. The number of hydrogen-bond acceptors (Lipinski definition) is 4. The van der Waals surface area contributed by atoms with Crippen LogP contribution in [0.2, 0.25) is 5.02 Å². The van der Waals surface area contributed by atoms with Crippen LogP contribution in [-0.2, 0) is 9.47 Å². The molecule has 6 nitrogen and oxygen atoms in total. The molecule has 0 aromatic heterocycles. The van der Waals surface area contributed by atoms with Crippen LogP contribution in [0, 0.1) is 0 Å². The van der Waals surface area contributed by atoms with Crippen molar-refractivity contribution in [3.63, 3.8) is 0 Å². The molecule has 0 saturated carbocycles. The molecule has 1 aromatic rings. The van der Waals surface area contributed by atoms with Crippen molar-refractivity contribution in [2.75, 3.05) is 26.2 Å². The second-order valence-electron chi connectivity index (χ2n) is 8.74. The zero-order valence-electron chi connectivity index (χ0n) is 17.0. The molecule has 2 aliphatic rings. The van der Waals surface area contributed by atoms with E-state index in [1.807, 2.05) is 44.7 Å². The van der Waals surface area contributed by atoms with Gasteiger partial charge >= 0.3 is 6.09 Å². The van der Waals surface area contributed by atoms with Gasteiger partial charge in [-0.1, -0.05) is 23.7 Å². The van der Waals surface area contributed by atoms with E-state index in [0.29, 0.717) is 49.6 Å². The summed E-state index contributed by atoms with van der Waals surface area (Å²) in [4.78, 5) is 28.9. The van der Waals surface area contributed by atoms with E-state index < -0.39 is 11.2 Å². The van der Waals surface area contributed by atoms with Crippen molar-refractivity contribution in [1.82, 2.24) is 9.80 Å². The number of nitrogens with zero attached hydrogens (tertiary/aromatic N) is 2.